The molecule has 4 rings (SSSR count). The third-order valence-corrected chi connectivity index (χ3v) is 5.18. The average molecular weight is 298 g/mol. The summed E-state index contributed by atoms with van der Waals surface area (Å²) in [4.78, 5) is 20.7. The first-order valence-corrected chi connectivity index (χ1v) is 8.02. The van der Waals surface area contributed by atoms with E-state index in [4.69, 9.17) is 4.42 Å². The van der Waals surface area contributed by atoms with Gasteiger partial charge in [0.1, 0.15) is 28.2 Å². The summed E-state index contributed by atoms with van der Waals surface area (Å²) in [6.45, 7) is 0. The van der Waals surface area contributed by atoms with Gasteiger partial charge in [-0.1, -0.05) is 30.3 Å². The molecule has 2 aromatic heterocycles. The van der Waals surface area contributed by atoms with Crippen molar-refractivity contribution in [3.05, 3.63) is 30.6 Å². The van der Waals surface area contributed by atoms with Crippen LogP contribution in [0.2, 0.25) is 0 Å². The van der Waals surface area contributed by atoms with E-state index in [2.05, 4.69) is 9.97 Å². The maximum Gasteiger partial charge on any atom is 0.186 e. The number of thioether (sulfide) groups is 1. The molecule has 1 aromatic carbocycles. The molecule has 0 aliphatic heterocycles. The highest BCUT2D eigenvalue weighted by Gasteiger charge is 2.25. The van der Waals surface area contributed by atoms with Gasteiger partial charge in [0, 0.05) is 11.8 Å². The molecule has 2 heterocycles. The average Bonchev–Trinajstić information content (AvgIpc) is 2.89. The number of carbonyl (C=O) groups is 1. The van der Waals surface area contributed by atoms with Crippen LogP contribution in [-0.4, -0.2) is 21.0 Å². The van der Waals surface area contributed by atoms with Crippen molar-refractivity contribution in [3.63, 3.8) is 0 Å². The molecule has 1 fully saturated rings. The van der Waals surface area contributed by atoms with Crippen molar-refractivity contribution in [2.75, 3.05) is 0 Å². The molecular formula is C16H14N2O2S. The normalized spacial score (nSPS) is 19.4. The smallest absolute Gasteiger partial charge is 0.186 e. The van der Waals surface area contributed by atoms with Crippen LogP contribution in [-0.2, 0) is 4.79 Å². The lowest BCUT2D eigenvalue weighted by molar-refractivity contribution is -0.119. The van der Waals surface area contributed by atoms with Crippen molar-refractivity contribution in [2.24, 2.45) is 0 Å². The first-order chi connectivity index (χ1) is 10.3. The van der Waals surface area contributed by atoms with Gasteiger partial charge < -0.3 is 4.42 Å². The van der Waals surface area contributed by atoms with Crippen molar-refractivity contribution in [1.82, 2.24) is 9.97 Å². The summed E-state index contributed by atoms with van der Waals surface area (Å²) < 4.78 is 5.90. The Balaban J connectivity index is 1.79. The molecule has 3 aromatic rings. The Morgan fingerprint density at radius 1 is 1.19 bits per heavy atom. The number of hydrogen-bond acceptors (Lipinski definition) is 5. The van der Waals surface area contributed by atoms with Crippen molar-refractivity contribution in [3.8, 4) is 0 Å². The molecule has 1 aliphatic rings. The fourth-order valence-electron chi connectivity index (χ4n) is 2.80. The highest BCUT2D eigenvalue weighted by molar-refractivity contribution is 8.00. The van der Waals surface area contributed by atoms with Crippen LogP contribution in [0.4, 0.5) is 0 Å². The largest absolute Gasteiger partial charge is 0.451 e. The predicted octanol–water partition coefficient (Wildman–Crippen LogP) is 3.98. The minimum absolute atomic E-state index is 0.00469. The van der Waals surface area contributed by atoms with E-state index in [1.54, 1.807) is 6.33 Å². The van der Waals surface area contributed by atoms with Crippen molar-refractivity contribution in [2.45, 2.75) is 36.0 Å². The fourth-order valence-corrected chi connectivity index (χ4v) is 3.95. The summed E-state index contributed by atoms with van der Waals surface area (Å²) in [5, 5.41) is 1.77. The molecule has 21 heavy (non-hydrogen) atoms. The Kier molecular flexibility index (Phi) is 3.15. The number of ketones is 1. The SMILES string of the molecule is O=C1CCCC[C@@H]1Sc1ncnc2c1oc1ccccc12. The zero-order chi connectivity index (χ0) is 14.2. The molecule has 0 radical (unpaired) electrons. The molecule has 1 saturated carbocycles. The van der Waals surface area contributed by atoms with Crippen LogP contribution in [0.5, 0.6) is 0 Å². The molecule has 5 heteroatoms. The van der Waals surface area contributed by atoms with E-state index in [0.717, 1.165) is 40.8 Å². The number of aromatic nitrogens is 2. The van der Waals surface area contributed by atoms with Gasteiger partial charge in [0.05, 0.1) is 5.25 Å². The minimum Gasteiger partial charge on any atom is -0.451 e. The lowest BCUT2D eigenvalue weighted by Crippen LogP contribution is -2.21. The van der Waals surface area contributed by atoms with Gasteiger partial charge in [0.25, 0.3) is 0 Å². The summed E-state index contributed by atoms with van der Waals surface area (Å²) in [7, 11) is 0. The van der Waals surface area contributed by atoms with E-state index in [9.17, 15) is 4.79 Å². The third-order valence-electron chi connectivity index (χ3n) is 3.88. The lowest BCUT2D eigenvalue weighted by Gasteiger charge is -2.19. The van der Waals surface area contributed by atoms with Crippen LogP contribution in [0.15, 0.2) is 40.0 Å². The number of Topliss-reactive ketones (excluding diaryl/α,β-unsaturated/α-hetero) is 1. The molecule has 0 bridgehead atoms. The quantitative estimate of drug-likeness (QED) is 0.670. The van der Waals surface area contributed by atoms with Crippen LogP contribution < -0.4 is 0 Å². The summed E-state index contributed by atoms with van der Waals surface area (Å²) >= 11 is 1.52. The zero-order valence-electron chi connectivity index (χ0n) is 11.4. The van der Waals surface area contributed by atoms with Gasteiger partial charge >= 0.3 is 0 Å². The predicted molar refractivity (Wildman–Crippen MR) is 82.4 cm³/mol. The fraction of sp³-hybridized carbons (Fsp3) is 0.312. The topological polar surface area (TPSA) is 56.0 Å². The monoisotopic (exact) mass is 298 g/mol. The number of carbonyl (C=O) groups excluding carboxylic acids is 1. The summed E-state index contributed by atoms with van der Waals surface area (Å²) in [5.41, 5.74) is 2.33. The van der Waals surface area contributed by atoms with Gasteiger partial charge in [-0.25, -0.2) is 9.97 Å². The molecule has 0 amide bonds. The Morgan fingerprint density at radius 3 is 3.00 bits per heavy atom. The Labute approximate surface area is 125 Å². The van der Waals surface area contributed by atoms with Gasteiger partial charge in [0.2, 0.25) is 0 Å². The van der Waals surface area contributed by atoms with Crippen LogP contribution in [0.3, 0.4) is 0 Å². The van der Waals surface area contributed by atoms with Gasteiger partial charge in [-0.15, -0.1) is 0 Å². The summed E-state index contributed by atoms with van der Waals surface area (Å²) in [5.74, 6) is 0.328. The second kappa shape index (κ2) is 5.15. The molecule has 0 unspecified atom stereocenters. The second-order valence-electron chi connectivity index (χ2n) is 5.27. The van der Waals surface area contributed by atoms with Crippen LogP contribution in [0, 0.1) is 0 Å². The third kappa shape index (κ3) is 2.21. The molecule has 0 N–H and O–H groups in total. The van der Waals surface area contributed by atoms with E-state index < -0.39 is 0 Å². The van der Waals surface area contributed by atoms with E-state index >= 15 is 0 Å². The molecule has 106 valence electrons. The highest BCUT2D eigenvalue weighted by Crippen LogP contribution is 2.36. The number of furan rings is 1. The van der Waals surface area contributed by atoms with Crippen LogP contribution in [0.25, 0.3) is 22.1 Å². The van der Waals surface area contributed by atoms with Gasteiger partial charge in [0.15, 0.2) is 5.58 Å². The Hall–Kier alpha value is -1.88. The standard InChI is InChI=1S/C16H14N2O2S/c19-11-6-2-4-8-13(11)21-16-15-14(17-9-18-16)10-5-1-3-7-12(10)20-15/h1,3,5,7,9,13H,2,4,6,8H2/t13-/m0/s1. The molecule has 1 atom stereocenters. The summed E-state index contributed by atoms with van der Waals surface area (Å²) in [6.07, 6.45) is 5.29. The molecule has 1 aliphatic carbocycles. The molecular weight excluding hydrogens is 284 g/mol. The van der Waals surface area contributed by atoms with Gasteiger partial charge in [-0.3, -0.25) is 4.79 Å². The molecule has 0 spiro atoms. The van der Waals surface area contributed by atoms with Crippen LogP contribution >= 0.6 is 11.8 Å². The van der Waals surface area contributed by atoms with Crippen molar-refractivity contribution in [1.29, 1.82) is 0 Å². The van der Waals surface area contributed by atoms with Crippen molar-refractivity contribution < 1.29 is 9.21 Å². The molecule has 4 nitrogen and oxygen atoms in total. The minimum atomic E-state index is 0.00469. The van der Waals surface area contributed by atoms with Crippen LogP contribution in [0.1, 0.15) is 25.7 Å². The van der Waals surface area contributed by atoms with Crippen molar-refractivity contribution >= 4 is 39.6 Å². The first kappa shape index (κ1) is 12.8. The van der Waals surface area contributed by atoms with E-state index in [1.165, 1.54) is 11.8 Å². The maximum atomic E-state index is 12.0. The second-order valence-corrected chi connectivity index (χ2v) is 6.46. The highest BCUT2D eigenvalue weighted by atomic mass is 32.2. The molecule has 0 saturated heterocycles. The number of benzene rings is 1. The van der Waals surface area contributed by atoms with Gasteiger partial charge in [-0.2, -0.15) is 0 Å². The van der Waals surface area contributed by atoms with E-state index in [-0.39, 0.29) is 5.25 Å². The number of fused-ring (bicyclic) bond motifs is 3. The number of hydrogen-bond donors (Lipinski definition) is 0. The Morgan fingerprint density at radius 2 is 2.10 bits per heavy atom. The Bertz CT molecular complexity index is 827. The maximum absolute atomic E-state index is 12.0. The summed E-state index contributed by atoms with van der Waals surface area (Å²) in [6, 6.07) is 7.83. The number of rotatable bonds is 2. The lowest BCUT2D eigenvalue weighted by atomic mass is 9.99. The van der Waals surface area contributed by atoms with E-state index in [0.29, 0.717) is 17.8 Å². The van der Waals surface area contributed by atoms with E-state index in [1.807, 2.05) is 24.3 Å². The number of nitrogens with zero attached hydrogens (tertiary/aromatic N) is 2. The zero-order valence-corrected chi connectivity index (χ0v) is 12.2. The van der Waals surface area contributed by atoms with Gasteiger partial charge in [-0.05, 0) is 25.0 Å². The first-order valence-electron chi connectivity index (χ1n) is 7.14. The number of para-hydroxylation sites is 1.